The van der Waals surface area contributed by atoms with Crippen LogP contribution in [0.15, 0.2) is 54.6 Å². The van der Waals surface area contributed by atoms with Crippen LogP contribution in [0.25, 0.3) is 11.3 Å². The Morgan fingerprint density at radius 3 is 2.45 bits per heavy atom. The van der Waals surface area contributed by atoms with Gasteiger partial charge in [-0.15, -0.1) is 10.2 Å². The second-order valence-electron chi connectivity index (χ2n) is 7.35. The number of anilines is 3. The number of amides is 2. The van der Waals surface area contributed by atoms with E-state index in [1.165, 1.54) is 0 Å². The van der Waals surface area contributed by atoms with Crippen molar-refractivity contribution in [2.24, 2.45) is 0 Å². The van der Waals surface area contributed by atoms with Crippen molar-refractivity contribution >= 4 is 23.2 Å². The first-order chi connectivity index (χ1) is 15.0. The molecule has 7 nitrogen and oxygen atoms in total. The number of benzene rings is 2. The summed E-state index contributed by atoms with van der Waals surface area (Å²) in [7, 11) is 2.10. The third-order valence-corrected chi connectivity index (χ3v) is 5.07. The molecular weight excluding hydrogens is 402 g/mol. The Hall–Kier alpha value is -3.59. The average Bonchev–Trinajstić information content (AvgIpc) is 2.77. The average molecular weight is 424 g/mol. The SMILES string of the molecule is CN1CCN(c2ccc(-c3cccc(NC(=O)Nc4ccc(F)cc4F)c3)nn2)CC1. The predicted octanol–water partition coefficient (Wildman–Crippen LogP) is 3.82. The van der Waals surface area contributed by atoms with Crippen molar-refractivity contribution in [1.29, 1.82) is 0 Å². The summed E-state index contributed by atoms with van der Waals surface area (Å²) in [6.45, 7) is 3.80. The molecule has 2 heterocycles. The third kappa shape index (κ3) is 5.13. The second kappa shape index (κ2) is 9.05. The molecule has 160 valence electrons. The van der Waals surface area contributed by atoms with E-state index >= 15 is 0 Å². The maximum atomic E-state index is 13.7. The molecule has 1 aliphatic heterocycles. The van der Waals surface area contributed by atoms with Gasteiger partial charge in [-0.3, -0.25) is 0 Å². The van der Waals surface area contributed by atoms with Gasteiger partial charge in [0, 0.05) is 43.5 Å². The molecule has 1 aromatic heterocycles. The molecule has 2 aromatic carbocycles. The van der Waals surface area contributed by atoms with Gasteiger partial charge >= 0.3 is 6.03 Å². The van der Waals surface area contributed by atoms with Crippen molar-refractivity contribution in [3.8, 4) is 11.3 Å². The van der Waals surface area contributed by atoms with Crippen LogP contribution in [0.3, 0.4) is 0 Å². The minimum Gasteiger partial charge on any atom is -0.353 e. The zero-order valence-electron chi connectivity index (χ0n) is 17.0. The van der Waals surface area contributed by atoms with Gasteiger partial charge < -0.3 is 20.4 Å². The topological polar surface area (TPSA) is 73.4 Å². The first kappa shape index (κ1) is 20.7. The van der Waals surface area contributed by atoms with Crippen molar-refractivity contribution in [1.82, 2.24) is 15.1 Å². The van der Waals surface area contributed by atoms with Crippen LogP contribution in [-0.2, 0) is 0 Å². The first-order valence-corrected chi connectivity index (χ1v) is 9.89. The number of carbonyl (C=O) groups is 1. The summed E-state index contributed by atoms with van der Waals surface area (Å²) in [5.41, 5.74) is 1.84. The Morgan fingerprint density at radius 2 is 1.74 bits per heavy atom. The lowest BCUT2D eigenvalue weighted by atomic mass is 10.1. The van der Waals surface area contributed by atoms with E-state index in [1.54, 1.807) is 18.2 Å². The highest BCUT2D eigenvalue weighted by Gasteiger charge is 2.16. The van der Waals surface area contributed by atoms with Crippen molar-refractivity contribution in [3.05, 3.63) is 66.2 Å². The summed E-state index contributed by atoms with van der Waals surface area (Å²) < 4.78 is 26.7. The third-order valence-electron chi connectivity index (χ3n) is 5.07. The molecule has 2 amide bonds. The van der Waals surface area contributed by atoms with E-state index in [4.69, 9.17) is 0 Å². The number of rotatable bonds is 4. The predicted molar refractivity (Wildman–Crippen MR) is 116 cm³/mol. The molecule has 3 aromatic rings. The Bertz CT molecular complexity index is 1070. The van der Waals surface area contributed by atoms with Crippen LogP contribution in [0.2, 0.25) is 0 Å². The highest BCUT2D eigenvalue weighted by molar-refractivity contribution is 6.00. The number of nitrogens with zero attached hydrogens (tertiary/aromatic N) is 4. The summed E-state index contributed by atoms with van der Waals surface area (Å²) >= 11 is 0. The minimum atomic E-state index is -0.848. The van der Waals surface area contributed by atoms with Crippen LogP contribution in [0.5, 0.6) is 0 Å². The number of nitrogens with one attached hydrogen (secondary N) is 2. The zero-order valence-corrected chi connectivity index (χ0v) is 17.0. The van der Waals surface area contributed by atoms with Crippen molar-refractivity contribution in [3.63, 3.8) is 0 Å². The lowest BCUT2D eigenvalue weighted by molar-refractivity contribution is 0.262. The molecule has 1 aliphatic rings. The van der Waals surface area contributed by atoms with E-state index in [1.807, 2.05) is 18.2 Å². The number of hydrogen-bond donors (Lipinski definition) is 2. The van der Waals surface area contributed by atoms with Gasteiger partial charge in [0.1, 0.15) is 11.6 Å². The largest absolute Gasteiger partial charge is 0.353 e. The van der Waals surface area contributed by atoms with Crippen molar-refractivity contribution in [2.75, 3.05) is 48.8 Å². The number of halogens is 2. The lowest BCUT2D eigenvalue weighted by Crippen LogP contribution is -2.44. The maximum Gasteiger partial charge on any atom is 0.323 e. The number of aromatic nitrogens is 2. The van der Waals surface area contributed by atoms with Gasteiger partial charge in [-0.1, -0.05) is 12.1 Å². The number of piperazine rings is 1. The zero-order chi connectivity index (χ0) is 21.8. The maximum absolute atomic E-state index is 13.7. The summed E-state index contributed by atoms with van der Waals surface area (Å²) in [6, 6.07) is 13.2. The summed E-state index contributed by atoms with van der Waals surface area (Å²) in [4.78, 5) is 16.7. The lowest BCUT2D eigenvalue weighted by Gasteiger charge is -2.32. The van der Waals surface area contributed by atoms with Crippen molar-refractivity contribution < 1.29 is 13.6 Å². The van der Waals surface area contributed by atoms with Crippen LogP contribution in [0, 0.1) is 11.6 Å². The van der Waals surface area contributed by atoms with Crippen LogP contribution >= 0.6 is 0 Å². The van der Waals surface area contributed by atoms with Crippen LogP contribution in [-0.4, -0.2) is 54.4 Å². The number of urea groups is 1. The molecule has 0 bridgehead atoms. The molecule has 0 unspecified atom stereocenters. The normalized spacial score (nSPS) is 14.4. The molecular formula is C22H22F2N6O. The number of hydrogen-bond acceptors (Lipinski definition) is 5. The molecule has 31 heavy (non-hydrogen) atoms. The standard InChI is InChI=1S/C22H22F2N6O/c1-29-9-11-30(12-10-29)21-8-7-19(27-28-21)15-3-2-4-17(13-15)25-22(31)26-20-6-5-16(23)14-18(20)24/h2-8,13-14H,9-12H2,1H3,(H2,25,26,31). The van der Waals surface area contributed by atoms with Gasteiger partial charge in [0.25, 0.3) is 0 Å². The van der Waals surface area contributed by atoms with Crippen molar-refractivity contribution in [2.45, 2.75) is 0 Å². The summed E-state index contributed by atoms with van der Waals surface area (Å²) in [5.74, 6) is -0.720. The minimum absolute atomic E-state index is 0.111. The molecule has 1 fully saturated rings. The fourth-order valence-electron chi connectivity index (χ4n) is 3.32. The number of likely N-dealkylation sites (N-methyl/N-ethyl adjacent to an activating group) is 1. The monoisotopic (exact) mass is 424 g/mol. The van der Waals surface area contributed by atoms with Gasteiger partial charge in [0.15, 0.2) is 5.82 Å². The molecule has 0 spiro atoms. The summed E-state index contributed by atoms with van der Waals surface area (Å²) in [6.07, 6.45) is 0. The Labute approximate surface area is 178 Å². The van der Waals surface area contributed by atoms with E-state index < -0.39 is 17.7 Å². The highest BCUT2D eigenvalue weighted by atomic mass is 19.1. The Balaban J connectivity index is 1.42. The number of carbonyl (C=O) groups excluding carboxylic acids is 1. The van der Waals surface area contributed by atoms with Gasteiger partial charge in [-0.2, -0.15) is 0 Å². The molecule has 1 saturated heterocycles. The molecule has 2 N–H and O–H groups in total. The Kier molecular flexibility index (Phi) is 6.03. The smallest absolute Gasteiger partial charge is 0.323 e. The van der Waals surface area contributed by atoms with Crippen LogP contribution < -0.4 is 15.5 Å². The van der Waals surface area contributed by atoms with Gasteiger partial charge in [-0.25, -0.2) is 13.6 Å². The van der Waals surface area contributed by atoms with Crippen LogP contribution in [0.4, 0.5) is 30.8 Å². The van der Waals surface area contributed by atoms with E-state index in [0.717, 1.165) is 49.7 Å². The van der Waals surface area contributed by atoms with E-state index in [-0.39, 0.29) is 5.69 Å². The first-order valence-electron chi connectivity index (χ1n) is 9.89. The quantitative estimate of drug-likeness (QED) is 0.666. The molecule has 0 atom stereocenters. The van der Waals surface area contributed by atoms with Crippen LogP contribution in [0.1, 0.15) is 0 Å². The fraction of sp³-hybridized carbons (Fsp3) is 0.227. The molecule has 9 heteroatoms. The summed E-state index contributed by atoms with van der Waals surface area (Å²) in [5, 5.41) is 13.7. The van der Waals surface area contributed by atoms with E-state index in [2.05, 4.69) is 37.7 Å². The molecule has 0 radical (unpaired) electrons. The fourth-order valence-corrected chi connectivity index (χ4v) is 3.32. The Morgan fingerprint density at radius 1 is 0.935 bits per heavy atom. The van der Waals surface area contributed by atoms with Gasteiger partial charge in [-0.05, 0) is 43.4 Å². The van der Waals surface area contributed by atoms with E-state index in [9.17, 15) is 13.6 Å². The van der Waals surface area contributed by atoms with Gasteiger partial charge in [0.05, 0.1) is 11.4 Å². The van der Waals surface area contributed by atoms with Gasteiger partial charge in [0.2, 0.25) is 0 Å². The van der Waals surface area contributed by atoms with E-state index in [0.29, 0.717) is 17.4 Å². The highest BCUT2D eigenvalue weighted by Crippen LogP contribution is 2.23. The molecule has 0 saturated carbocycles. The molecule has 0 aliphatic carbocycles. The molecule has 4 rings (SSSR count). The second-order valence-corrected chi connectivity index (χ2v) is 7.35.